The fourth-order valence-corrected chi connectivity index (χ4v) is 0.844. The van der Waals surface area contributed by atoms with Crippen molar-refractivity contribution in [3.63, 3.8) is 0 Å². The summed E-state index contributed by atoms with van der Waals surface area (Å²) in [6, 6.07) is 5.61. The number of nitrogens with zero attached hydrogens (tertiary/aromatic N) is 1. The van der Waals surface area contributed by atoms with Crippen LogP contribution in [0.5, 0.6) is 0 Å². The Hall–Kier alpha value is -1.99. The number of aliphatic carboxylic acids is 2. The van der Waals surface area contributed by atoms with E-state index in [2.05, 4.69) is 4.98 Å². The zero-order chi connectivity index (χ0) is 13.3. The highest BCUT2D eigenvalue weighted by molar-refractivity contribution is 6.27. The molecule has 1 aromatic heterocycles. The molecule has 1 rings (SSSR count). The summed E-state index contributed by atoms with van der Waals surface area (Å²) in [5.74, 6) is -3.65. The summed E-state index contributed by atoms with van der Waals surface area (Å²) < 4.78 is 0. The summed E-state index contributed by atoms with van der Waals surface area (Å²) in [5, 5.41) is 23.9. The number of aliphatic hydroxyl groups is 1. The molecule has 1 aromatic rings. The Balaban J connectivity index is 0.000000366. The van der Waals surface area contributed by atoms with Gasteiger partial charge in [0.1, 0.15) is 0 Å². The molecule has 1 heterocycles. The number of aliphatic hydroxyl groups excluding tert-OH is 1. The number of hydrogen-bond acceptors (Lipinski definition) is 5. The van der Waals surface area contributed by atoms with Crippen LogP contribution in [0.4, 0.5) is 0 Å². The number of carboxylic acids is 2. The predicted octanol–water partition coefficient (Wildman–Crippen LogP) is -0.901. The van der Waals surface area contributed by atoms with E-state index in [-0.39, 0.29) is 6.54 Å². The Morgan fingerprint density at radius 3 is 2.24 bits per heavy atom. The normalized spacial score (nSPS) is 10.9. The summed E-state index contributed by atoms with van der Waals surface area (Å²) in [5.41, 5.74) is 6.12. The van der Waals surface area contributed by atoms with Crippen LogP contribution in [-0.2, 0) is 16.0 Å². The van der Waals surface area contributed by atoms with Gasteiger partial charge in [-0.25, -0.2) is 9.59 Å². The van der Waals surface area contributed by atoms with Crippen molar-refractivity contribution in [3.8, 4) is 0 Å². The third kappa shape index (κ3) is 7.88. The van der Waals surface area contributed by atoms with Gasteiger partial charge in [-0.1, -0.05) is 6.07 Å². The molecule has 0 amide bonds. The first-order valence-corrected chi connectivity index (χ1v) is 4.71. The van der Waals surface area contributed by atoms with Crippen molar-refractivity contribution in [1.82, 2.24) is 4.98 Å². The molecule has 1 unspecified atom stereocenters. The summed E-state index contributed by atoms with van der Waals surface area (Å²) in [6.07, 6.45) is 1.78. The van der Waals surface area contributed by atoms with Gasteiger partial charge in [0.2, 0.25) is 0 Å². The number of aromatic nitrogens is 1. The van der Waals surface area contributed by atoms with Gasteiger partial charge in [0, 0.05) is 24.9 Å². The van der Waals surface area contributed by atoms with Gasteiger partial charge in [-0.3, -0.25) is 4.98 Å². The zero-order valence-electron chi connectivity index (χ0n) is 8.98. The molecule has 94 valence electrons. The molecule has 1 atom stereocenters. The van der Waals surface area contributed by atoms with Gasteiger partial charge in [0.15, 0.2) is 0 Å². The first-order chi connectivity index (χ1) is 7.97. The maximum Gasteiger partial charge on any atom is 0.414 e. The van der Waals surface area contributed by atoms with Crippen LogP contribution in [0.2, 0.25) is 0 Å². The predicted molar refractivity (Wildman–Crippen MR) is 58.3 cm³/mol. The van der Waals surface area contributed by atoms with Gasteiger partial charge >= 0.3 is 11.9 Å². The van der Waals surface area contributed by atoms with E-state index in [9.17, 15) is 0 Å². The monoisotopic (exact) mass is 242 g/mol. The highest BCUT2D eigenvalue weighted by Crippen LogP contribution is 1.97. The largest absolute Gasteiger partial charge is 0.473 e. The van der Waals surface area contributed by atoms with Crippen LogP contribution in [-0.4, -0.2) is 44.9 Å². The third-order valence-electron chi connectivity index (χ3n) is 1.63. The van der Waals surface area contributed by atoms with Crippen molar-refractivity contribution >= 4 is 11.9 Å². The van der Waals surface area contributed by atoms with E-state index in [4.69, 9.17) is 30.6 Å². The molecule has 0 aromatic carbocycles. The molecule has 0 aliphatic carbocycles. The first kappa shape index (κ1) is 15.0. The lowest BCUT2D eigenvalue weighted by Crippen LogP contribution is -2.22. The number of pyridine rings is 1. The van der Waals surface area contributed by atoms with Crippen molar-refractivity contribution < 1.29 is 24.9 Å². The minimum atomic E-state index is -1.82. The quantitative estimate of drug-likeness (QED) is 0.504. The van der Waals surface area contributed by atoms with Crippen molar-refractivity contribution in [1.29, 1.82) is 0 Å². The molecule has 7 heteroatoms. The van der Waals surface area contributed by atoms with Crippen LogP contribution in [0.25, 0.3) is 0 Å². The fraction of sp³-hybridized carbons (Fsp3) is 0.300. The molecule has 0 aliphatic rings. The highest BCUT2D eigenvalue weighted by Gasteiger charge is 2.04. The fourth-order valence-electron chi connectivity index (χ4n) is 0.844. The standard InChI is InChI=1S/C8H12N2O.C2H2O4/c9-6-8(11)5-7-3-1-2-4-10-7;3-1(4)2(5)6/h1-4,8,11H,5-6,9H2;(H,3,4)(H,5,6). The second kappa shape index (κ2) is 8.20. The number of carboxylic acid groups (broad SMARTS) is 2. The molecule has 7 nitrogen and oxygen atoms in total. The Morgan fingerprint density at radius 1 is 1.29 bits per heavy atom. The lowest BCUT2D eigenvalue weighted by molar-refractivity contribution is -0.159. The second-order valence-corrected chi connectivity index (χ2v) is 3.03. The van der Waals surface area contributed by atoms with Crippen LogP contribution in [0.15, 0.2) is 24.4 Å². The van der Waals surface area contributed by atoms with Crippen molar-refractivity contribution in [2.45, 2.75) is 12.5 Å². The van der Waals surface area contributed by atoms with E-state index in [1.807, 2.05) is 18.2 Å². The summed E-state index contributed by atoms with van der Waals surface area (Å²) in [7, 11) is 0. The van der Waals surface area contributed by atoms with E-state index >= 15 is 0 Å². The van der Waals surface area contributed by atoms with Crippen molar-refractivity contribution in [3.05, 3.63) is 30.1 Å². The maximum absolute atomic E-state index is 9.15. The van der Waals surface area contributed by atoms with Crippen LogP contribution < -0.4 is 5.73 Å². The minimum Gasteiger partial charge on any atom is -0.473 e. The van der Waals surface area contributed by atoms with E-state index < -0.39 is 18.0 Å². The highest BCUT2D eigenvalue weighted by atomic mass is 16.4. The molecule has 0 aliphatic heterocycles. The maximum atomic E-state index is 9.15. The summed E-state index contributed by atoms with van der Waals surface area (Å²) in [6.45, 7) is 0.288. The zero-order valence-corrected chi connectivity index (χ0v) is 8.98. The number of nitrogens with two attached hydrogens (primary N) is 1. The summed E-state index contributed by atoms with van der Waals surface area (Å²) >= 11 is 0. The van der Waals surface area contributed by atoms with Crippen LogP contribution in [0.1, 0.15) is 5.69 Å². The van der Waals surface area contributed by atoms with Gasteiger partial charge in [-0.2, -0.15) is 0 Å². The molecule has 17 heavy (non-hydrogen) atoms. The number of rotatable bonds is 3. The van der Waals surface area contributed by atoms with Gasteiger partial charge in [0.25, 0.3) is 0 Å². The molecule has 0 saturated carbocycles. The smallest absolute Gasteiger partial charge is 0.414 e. The molecule has 5 N–H and O–H groups in total. The van der Waals surface area contributed by atoms with Crippen LogP contribution in [0, 0.1) is 0 Å². The second-order valence-electron chi connectivity index (χ2n) is 3.03. The molecular weight excluding hydrogens is 228 g/mol. The molecule has 0 radical (unpaired) electrons. The van der Waals surface area contributed by atoms with E-state index in [1.165, 1.54) is 0 Å². The average Bonchev–Trinajstić information content (AvgIpc) is 2.31. The topological polar surface area (TPSA) is 134 Å². The van der Waals surface area contributed by atoms with Gasteiger partial charge in [-0.15, -0.1) is 0 Å². The van der Waals surface area contributed by atoms with Crippen molar-refractivity contribution in [2.75, 3.05) is 6.54 Å². The summed E-state index contributed by atoms with van der Waals surface area (Å²) in [4.78, 5) is 22.3. The molecule has 0 bridgehead atoms. The SMILES string of the molecule is NCC(O)Cc1ccccn1.O=C(O)C(=O)O. The van der Waals surface area contributed by atoms with Gasteiger partial charge in [0.05, 0.1) is 6.10 Å². The number of carbonyl (C=O) groups is 2. The van der Waals surface area contributed by atoms with E-state index in [1.54, 1.807) is 6.20 Å². The lowest BCUT2D eigenvalue weighted by atomic mass is 10.2. The molecular formula is C10H14N2O5. The Bertz CT molecular complexity index is 343. The average molecular weight is 242 g/mol. The van der Waals surface area contributed by atoms with Crippen LogP contribution >= 0.6 is 0 Å². The Morgan fingerprint density at radius 2 is 1.88 bits per heavy atom. The van der Waals surface area contributed by atoms with Crippen LogP contribution in [0.3, 0.4) is 0 Å². The van der Waals surface area contributed by atoms with E-state index in [0.29, 0.717) is 6.42 Å². The molecule has 0 spiro atoms. The minimum absolute atomic E-state index is 0.288. The Labute approximate surface area is 97.5 Å². The molecule has 0 saturated heterocycles. The Kier molecular flexibility index (Phi) is 7.24. The third-order valence-corrected chi connectivity index (χ3v) is 1.63. The lowest BCUT2D eigenvalue weighted by Gasteiger charge is -2.05. The van der Waals surface area contributed by atoms with E-state index in [0.717, 1.165) is 5.69 Å². The van der Waals surface area contributed by atoms with Crippen molar-refractivity contribution in [2.24, 2.45) is 5.73 Å². The first-order valence-electron chi connectivity index (χ1n) is 4.71. The van der Waals surface area contributed by atoms with Gasteiger partial charge < -0.3 is 21.1 Å². The van der Waals surface area contributed by atoms with Gasteiger partial charge in [-0.05, 0) is 12.1 Å². The molecule has 0 fully saturated rings. The number of hydrogen-bond donors (Lipinski definition) is 4.